The van der Waals surface area contributed by atoms with Gasteiger partial charge in [-0.2, -0.15) is 0 Å². The maximum atomic E-state index is 13.3. The van der Waals surface area contributed by atoms with Crippen LogP contribution in [0.3, 0.4) is 0 Å². The van der Waals surface area contributed by atoms with Crippen molar-refractivity contribution in [3.05, 3.63) is 58.1 Å². The van der Waals surface area contributed by atoms with Crippen molar-refractivity contribution in [3.63, 3.8) is 0 Å². The smallest absolute Gasteiger partial charge is 0.230 e. The van der Waals surface area contributed by atoms with Crippen molar-refractivity contribution in [2.45, 2.75) is 38.5 Å². The third-order valence-corrected chi connectivity index (χ3v) is 6.01. The van der Waals surface area contributed by atoms with Gasteiger partial charge in [-0.25, -0.2) is 0 Å². The molecule has 2 aromatic rings. The van der Waals surface area contributed by atoms with Crippen LogP contribution in [0.5, 0.6) is 11.5 Å². The van der Waals surface area contributed by atoms with Crippen molar-refractivity contribution in [2.75, 3.05) is 33.0 Å². The number of rotatable bonds is 9. The Balaban J connectivity index is 1.67. The van der Waals surface area contributed by atoms with E-state index in [1.165, 1.54) is 0 Å². The minimum atomic E-state index is -0.533. The quantitative estimate of drug-likeness (QED) is 0.573. The summed E-state index contributed by atoms with van der Waals surface area (Å²) in [5.74, 6) is 1.58. The number of hydrogen-bond donors (Lipinski definition) is 1. The van der Waals surface area contributed by atoms with E-state index in [9.17, 15) is 4.79 Å². The van der Waals surface area contributed by atoms with Crippen LogP contribution >= 0.6 is 15.9 Å². The number of hydrogen-bond acceptors (Lipinski definition) is 4. The predicted molar refractivity (Wildman–Crippen MR) is 121 cm³/mol. The van der Waals surface area contributed by atoms with E-state index in [4.69, 9.17) is 14.2 Å². The molecule has 1 aliphatic rings. The van der Waals surface area contributed by atoms with E-state index in [0.29, 0.717) is 45.8 Å². The fourth-order valence-electron chi connectivity index (χ4n) is 3.88. The number of carbonyl (C=O) groups excluding carboxylic acids is 1. The zero-order valence-corrected chi connectivity index (χ0v) is 19.3. The van der Waals surface area contributed by atoms with E-state index in [1.54, 1.807) is 0 Å². The minimum absolute atomic E-state index is 0.0732. The Morgan fingerprint density at radius 3 is 2.37 bits per heavy atom. The Hall–Kier alpha value is -2.05. The van der Waals surface area contributed by atoms with E-state index >= 15 is 0 Å². The third-order valence-electron chi connectivity index (χ3n) is 5.48. The summed E-state index contributed by atoms with van der Waals surface area (Å²) in [4.78, 5) is 13.3. The monoisotopic (exact) mass is 475 g/mol. The highest BCUT2D eigenvalue weighted by Crippen LogP contribution is 2.36. The standard InChI is InChI=1S/C24H30BrNO4/c1-3-29-21-10-5-18(17-22(21)30-4-2)11-14-26-23(27)24(12-15-28-16-13-24)19-6-8-20(25)9-7-19/h5-10,17H,3-4,11-16H2,1-2H3,(H,26,27). The van der Waals surface area contributed by atoms with E-state index in [2.05, 4.69) is 21.2 Å². The summed E-state index contributed by atoms with van der Waals surface area (Å²) in [5.41, 5.74) is 1.62. The number of amides is 1. The van der Waals surface area contributed by atoms with Crippen LogP contribution in [0.4, 0.5) is 0 Å². The number of carbonyl (C=O) groups is 1. The van der Waals surface area contributed by atoms with Crippen LogP contribution in [0.15, 0.2) is 46.9 Å². The lowest BCUT2D eigenvalue weighted by Gasteiger charge is -2.36. The third kappa shape index (κ3) is 5.35. The normalized spacial score (nSPS) is 15.4. The largest absolute Gasteiger partial charge is 0.490 e. The number of halogens is 1. The van der Waals surface area contributed by atoms with Gasteiger partial charge in [-0.15, -0.1) is 0 Å². The molecule has 0 aliphatic carbocycles. The second-order valence-electron chi connectivity index (χ2n) is 7.35. The summed E-state index contributed by atoms with van der Waals surface area (Å²) >= 11 is 3.48. The van der Waals surface area contributed by atoms with Crippen molar-refractivity contribution in [2.24, 2.45) is 0 Å². The zero-order chi connectivity index (χ0) is 21.4. The fraction of sp³-hybridized carbons (Fsp3) is 0.458. The molecule has 0 atom stereocenters. The molecule has 5 nitrogen and oxygen atoms in total. The van der Waals surface area contributed by atoms with Gasteiger partial charge in [0, 0.05) is 24.2 Å². The first-order valence-corrected chi connectivity index (χ1v) is 11.4. The summed E-state index contributed by atoms with van der Waals surface area (Å²) in [5, 5.41) is 3.17. The second kappa shape index (κ2) is 10.8. The van der Waals surface area contributed by atoms with Crippen molar-refractivity contribution in [1.29, 1.82) is 0 Å². The van der Waals surface area contributed by atoms with Crippen molar-refractivity contribution in [3.8, 4) is 11.5 Å². The van der Waals surface area contributed by atoms with Crippen LogP contribution in [0.25, 0.3) is 0 Å². The van der Waals surface area contributed by atoms with Crippen molar-refractivity contribution < 1.29 is 19.0 Å². The van der Waals surface area contributed by atoms with Crippen LogP contribution in [0.2, 0.25) is 0 Å². The van der Waals surface area contributed by atoms with Gasteiger partial charge < -0.3 is 19.5 Å². The average Bonchev–Trinajstić information content (AvgIpc) is 2.76. The maximum absolute atomic E-state index is 13.3. The maximum Gasteiger partial charge on any atom is 0.230 e. The summed E-state index contributed by atoms with van der Waals surface area (Å²) < 4.78 is 17.9. The molecule has 0 aromatic heterocycles. The van der Waals surface area contributed by atoms with E-state index in [1.807, 2.05) is 56.3 Å². The molecule has 6 heteroatoms. The number of ether oxygens (including phenoxy) is 3. The topological polar surface area (TPSA) is 56.8 Å². The molecule has 1 saturated heterocycles. The molecule has 0 bridgehead atoms. The molecule has 2 aromatic carbocycles. The first-order chi connectivity index (χ1) is 14.6. The highest BCUT2D eigenvalue weighted by Gasteiger charge is 2.41. The summed E-state index contributed by atoms with van der Waals surface area (Å²) in [6.45, 7) is 6.85. The first-order valence-electron chi connectivity index (χ1n) is 10.6. The average molecular weight is 476 g/mol. The first kappa shape index (κ1) is 22.6. The number of benzene rings is 2. The lowest BCUT2D eigenvalue weighted by molar-refractivity contribution is -0.130. The van der Waals surface area contributed by atoms with Crippen LogP contribution < -0.4 is 14.8 Å². The molecule has 0 radical (unpaired) electrons. The van der Waals surface area contributed by atoms with Gasteiger partial charge in [-0.3, -0.25) is 4.79 Å². The predicted octanol–water partition coefficient (Wildman–Crippen LogP) is 4.65. The zero-order valence-electron chi connectivity index (χ0n) is 17.7. The molecular weight excluding hydrogens is 446 g/mol. The molecule has 162 valence electrons. The molecule has 1 amide bonds. The van der Waals surface area contributed by atoms with Gasteiger partial charge in [0.05, 0.1) is 18.6 Å². The molecule has 0 spiro atoms. The molecule has 0 saturated carbocycles. The van der Waals surface area contributed by atoms with Gasteiger partial charge in [0.25, 0.3) is 0 Å². The van der Waals surface area contributed by atoms with Gasteiger partial charge in [-0.1, -0.05) is 34.1 Å². The summed E-state index contributed by atoms with van der Waals surface area (Å²) in [6, 6.07) is 14.0. The lowest BCUT2D eigenvalue weighted by atomic mass is 9.73. The van der Waals surface area contributed by atoms with Gasteiger partial charge in [0.15, 0.2) is 11.5 Å². The fourth-order valence-corrected chi connectivity index (χ4v) is 4.14. The van der Waals surface area contributed by atoms with Gasteiger partial charge in [-0.05, 0) is 68.5 Å². The Morgan fingerprint density at radius 1 is 1.03 bits per heavy atom. The molecule has 1 aliphatic heterocycles. The van der Waals surface area contributed by atoms with Crippen LogP contribution in [-0.2, 0) is 21.4 Å². The van der Waals surface area contributed by atoms with E-state index < -0.39 is 5.41 Å². The molecule has 1 heterocycles. The van der Waals surface area contributed by atoms with E-state index in [0.717, 1.165) is 33.5 Å². The van der Waals surface area contributed by atoms with Gasteiger partial charge in [0.1, 0.15) is 0 Å². The van der Waals surface area contributed by atoms with E-state index in [-0.39, 0.29) is 5.91 Å². The lowest BCUT2D eigenvalue weighted by Crippen LogP contribution is -2.48. The molecule has 0 unspecified atom stereocenters. The van der Waals surface area contributed by atoms with Gasteiger partial charge in [0.2, 0.25) is 5.91 Å². The highest BCUT2D eigenvalue weighted by molar-refractivity contribution is 9.10. The van der Waals surface area contributed by atoms with Crippen LogP contribution in [-0.4, -0.2) is 38.9 Å². The minimum Gasteiger partial charge on any atom is -0.490 e. The SMILES string of the molecule is CCOc1ccc(CCNC(=O)C2(c3ccc(Br)cc3)CCOCC2)cc1OCC. The Morgan fingerprint density at radius 2 is 1.70 bits per heavy atom. The summed E-state index contributed by atoms with van der Waals surface area (Å²) in [7, 11) is 0. The van der Waals surface area contributed by atoms with Crippen molar-refractivity contribution >= 4 is 21.8 Å². The number of nitrogens with one attached hydrogen (secondary N) is 1. The summed E-state index contributed by atoms with van der Waals surface area (Å²) in [6.07, 6.45) is 2.11. The highest BCUT2D eigenvalue weighted by atomic mass is 79.9. The Labute approximate surface area is 187 Å². The molecular formula is C24H30BrNO4. The second-order valence-corrected chi connectivity index (χ2v) is 8.27. The van der Waals surface area contributed by atoms with Crippen LogP contribution in [0.1, 0.15) is 37.8 Å². The molecule has 1 fully saturated rings. The molecule has 30 heavy (non-hydrogen) atoms. The van der Waals surface area contributed by atoms with Crippen molar-refractivity contribution in [1.82, 2.24) is 5.32 Å². The molecule has 3 rings (SSSR count). The Kier molecular flexibility index (Phi) is 8.16. The molecule has 1 N–H and O–H groups in total. The Bertz CT molecular complexity index is 832. The van der Waals surface area contributed by atoms with Crippen LogP contribution in [0, 0.1) is 0 Å². The van der Waals surface area contributed by atoms with Gasteiger partial charge >= 0.3 is 0 Å².